The third kappa shape index (κ3) is 3.17. The van der Waals surface area contributed by atoms with Gasteiger partial charge in [0.2, 0.25) is 0 Å². The van der Waals surface area contributed by atoms with E-state index >= 15 is 0 Å². The number of aromatic nitrogens is 1. The summed E-state index contributed by atoms with van der Waals surface area (Å²) in [5.74, 6) is 0. The number of hydrogen-bond donors (Lipinski definition) is 0. The zero-order valence-corrected chi connectivity index (χ0v) is 10.4. The Morgan fingerprint density at radius 1 is 1.44 bits per heavy atom. The summed E-state index contributed by atoms with van der Waals surface area (Å²) in [5, 5.41) is 0.562. The average molecular weight is 241 g/mol. The number of hydrogen-bond acceptors (Lipinski definition) is 3. The maximum atomic E-state index is 5.87. The highest BCUT2D eigenvalue weighted by molar-refractivity contribution is 6.29. The first-order valence-corrected chi connectivity index (χ1v) is 5.99. The van der Waals surface area contributed by atoms with Crippen molar-refractivity contribution in [2.75, 3.05) is 13.1 Å². The Hall–Kier alpha value is -0.640. The van der Waals surface area contributed by atoms with Gasteiger partial charge >= 0.3 is 0 Å². The van der Waals surface area contributed by atoms with Crippen molar-refractivity contribution < 1.29 is 4.74 Å². The first-order chi connectivity index (χ1) is 7.63. The van der Waals surface area contributed by atoms with E-state index in [1.807, 2.05) is 12.1 Å². The lowest BCUT2D eigenvalue weighted by Gasteiger charge is -2.35. The van der Waals surface area contributed by atoms with Crippen molar-refractivity contribution in [3.8, 4) is 0 Å². The van der Waals surface area contributed by atoms with Crippen molar-refractivity contribution in [2.24, 2.45) is 0 Å². The summed E-state index contributed by atoms with van der Waals surface area (Å²) in [7, 11) is 0. The van der Waals surface area contributed by atoms with Crippen LogP contribution in [0.3, 0.4) is 0 Å². The zero-order chi connectivity index (χ0) is 11.5. The number of morpholine rings is 1. The van der Waals surface area contributed by atoms with E-state index < -0.39 is 0 Å². The predicted octanol–water partition coefficient (Wildman–Crippen LogP) is 2.34. The van der Waals surface area contributed by atoms with E-state index in [1.54, 1.807) is 6.20 Å². The topological polar surface area (TPSA) is 25.4 Å². The van der Waals surface area contributed by atoms with Crippen molar-refractivity contribution in [3.05, 3.63) is 29.0 Å². The third-order valence-electron chi connectivity index (χ3n) is 2.69. The van der Waals surface area contributed by atoms with Gasteiger partial charge in [-0.3, -0.25) is 4.90 Å². The zero-order valence-electron chi connectivity index (χ0n) is 9.69. The molecule has 1 fully saturated rings. The van der Waals surface area contributed by atoms with Gasteiger partial charge < -0.3 is 4.74 Å². The quantitative estimate of drug-likeness (QED) is 0.742. The van der Waals surface area contributed by atoms with Gasteiger partial charge in [-0.15, -0.1) is 0 Å². The van der Waals surface area contributed by atoms with Gasteiger partial charge in [0, 0.05) is 25.8 Å². The fraction of sp³-hybridized carbons (Fsp3) is 0.583. The summed E-state index contributed by atoms with van der Waals surface area (Å²) in [4.78, 5) is 6.38. The second-order valence-electron chi connectivity index (χ2n) is 4.44. The van der Waals surface area contributed by atoms with Crippen LogP contribution in [0.15, 0.2) is 18.3 Å². The van der Waals surface area contributed by atoms with Crippen LogP contribution in [-0.2, 0) is 11.3 Å². The van der Waals surface area contributed by atoms with Crippen molar-refractivity contribution >= 4 is 11.6 Å². The van der Waals surface area contributed by atoms with E-state index in [0.717, 1.165) is 19.6 Å². The molecule has 2 rings (SSSR count). The van der Waals surface area contributed by atoms with E-state index in [9.17, 15) is 0 Å². The summed E-state index contributed by atoms with van der Waals surface area (Å²) >= 11 is 5.87. The van der Waals surface area contributed by atoms with Gasteiger partial charge in [0.25, 0.3) is 0 Å². The monoisotopic (exact) mass is 240 g/mol. The molecule has 2 atom stereocenters. The van der Waals surface area contributed by atoms with Gasteiger partial charge in [0.15, 0.2) is 0 Å². The molecule has 0 saturated carbocycles. The molecule has 0 aromatic carbocycles. The van der Waals surface area contributed by atoms with Crippen LogP contribution in [0, 0.1) is 0 Å². The minimum Gasteiger partial charge on any atom is -0.373 e. The molecule has 0 amide bonds. The number of rotatable bonds is 2. The molecule has 1 saturated heterocycles. The summed E-state index contributed by atoms with van der Waals surface area (Å²) in [5.41, 5.74) is 1.21. The highest BCUT2D eigenvalue weighted by Gasteiger charge is 2.21. The highest BCUT2D eigenvalue weighted by atomic mass is 35.5. The molecule has 0 spiro atoms. The Kier molecular flexibility index (Phi) is 3.79. The van der Waals surface area contributed by atoms with Crippen molar-refractivity contribution in [1.29, 1.82) is 0 Å². The highest BCUT2D eigenvalue weighted by Crippen LogP contribution is 2.15. The molecule has 1 aliphatic heterocycles. The molecule has 88 valence electrons. The number of halogens is 1. The van der Waals surface area contributed by atoms with Gasteiger partial charge in [0.1, 0.15) is 5.15 Å². The Balaban J connectivity index is 1.98. The largest absolute Gasteiger partial charge is 0.373 e. The maximum Gasteiger partial charge on any atom is 0.129 e. The van der Waals surface area contributed by atoms with Gasteiger partial charge in [-0.1, -0.05) is 11.6 Å². The van der Waals surface area contributed by atoms with Crippen molar-refractivity contribution in [2.45, 2.75) is 32.6 Å². The lowest BCUT2D eigenvalue weighted by atomic mass is 10.2. The first-order valence-electron chi connectivity index (χ1n) is 5.61. The van der Waals surface area contributed by atoms with Crippen LogP contribution in [0.1, 0.15) is 19.4 Å². The summed E-state index contributed by atoms with van der Waals surface area (Å²) in [6.45, 7) is 7.10. The van der Waals surface area contributed by atoms with Crippen LogP contribution in [0.2, 0.25) is 5.15 Å². The Morgan fingerprint density at radius 3 is 2.75 bits per heavy atom. The molecule has 0 aliphatic carbocycles. The molecule has 3 nitrogen and oxygen atoms in total. The van der Waals surface area contributed by atoms with Crippen LogP contribution >= 0.6 is 11.6 Å². The van der Waals surface area contributed by atoms with Gasteiger partial charge in [-0.05, 0) is 31.5 Å². The molecular formula is C12H17ClN2O. The van der Waals surface area contributed by atoms with E-state index in [4.69, 9.17) is 16.3 Å². The van der Waals surface area contributed by atoms with E-state index in [-0.39, 0.29) is 0 Å². The SMILES string of the molecule is C[C@@H]1CN(Cc2ccnc(Cl)c2)C[C@H](C)O1. The van der Waals surface area contributed by atoms with Crippen molar-refractivity contribution in [3.63, 3.8) is 0 Å². The molecule has 1 aromatic heterocycles. The summed E-state index contributed by atoms with van der Waals surface area (Å²) < 4.78 is 5.70. The molecule has 16 heavy (non-hydrogen) atoms. The molecular weight excluding hydrogens is 224 g/mol. The van der Waals surface area contributed by atoms with Crippen LogP contribution in [-0.4, -0.2) is 35.2 Å². The molecule has 2 heterocycles. The van der Waals surface area contributed by atoms with E-state index in [0.29, 0.717) is 17.4 Å². The van der Waals surface area contributed by atoms with Gasteiger partial charge in [-0.25, -0.2) is 4.98 Å². The lowest BCUT2D eigenvalue weighted by Crippen LogP contribution is -2.44. The number of nitrogens with zero attached hydrogens (tertiary/aromatic N) is 2. The van der Waals surface area contributed by atoms with Crippen LogP contribution in [0.25, 0.3) is 0 Å². The minimum atomic E-state index is 0.307. The summed E-state index contributed by atoms with van der Waals surface area (Å²) in [6, 6.07) is 3.93. The minimum absolute atomic E-state index is 0.307. The molecule has 1 aromatic rings. The normalized spacial score (nSPS) is 26.9. The standard InChI is InChI=1S/C12H17ClN2O/c1-9-6-15(7-10(2)16-9)8-11-3-4-14-12(13)5-11/h3-5,9-10H,6-8H2,1-2H3/t9-,10+. The Labute approximate surface area is 101 Å². The number of ether oxygens (including phenoxy) is 1. The molecule has 1 aliphatic rings. The number of pyridine rings is 1. The molecule has 0 N–H and O–H groups in total. The Bertz CT molecular complexity index is 349. The molecule has 0 bridgehead atoms. The lowest BCUT2D eigenvalue weighted by molar-refractivity contribution is -0.0704. The van der Waals surface area contributed by atoms with Crippen molar-refractivity contribution in [1.82, 2.24) is 9.88 Å². The predicted molar refractivity (Wildman–Crippen MR) is 64.5 cm³/mol. The van der Waals surface area contributed by atoms with Gasteiger partial charge in [-0.2, -0.15) is 0 Å². The van der Waals surface area contributed by atoms with Crippen LogP contribution in [0.4, 0.5) is 0 Å². The second-order valence-corrected chi connectivity index (χ2v) is 4.83. The molecule has 4 heteroatoms. The van der Waals surface area contributed by atoms with E-state index in [1.165, 1.54) is 5.56 Å². The molecule has 0 radical (unpaired) electrons. The van der Waals surface area contributed by atoms with Gasteiger partial charge in [0.05, 0.1) is 12.2 Å². The smallest absolute Gasteiger partial charge is 0.129 e. The first kappa shape index (κ1) is 11.8. The maximum absolute atomic E-state index is 5.87. The average Bonchev–Trinajstić information content (AvgIpc) is 2.15. The van der Waals surface area contributed by atoms with Crippen LogP contribution < -0.4 is 0 Å². The third-order valence-corrected chi connectivity index (χ3v) is 2.90. The molecule has 0 unspecified atom stereocenters. The second kappa shape index (κ2) is 5.13. The fourth-order valence-electron chi connectivity index (χ4n) is 2.21. The Morgan fingerprint density at radius 2 is 2.12 bits per heavy atom. The fourth-order valence-corrected chi connectivity index (χ4v) is 2.41. The summed E-state index contributed by atoms with van der Waals surface area (Å²) in [6.07, 6.45) is 2.37. The van der Waals surface area contributed by atoms with Crippen LogP contribution in [0.5, 0.6) is 0 Å². The van der Waals surface area contributed by atoms with E-state index in [2.05, 4.69) is 23.7 Å².